The van der Waals surface area contributed by atoms with E-state index in [0.717, 1.165) is 12.1 Å². The highest BCUT2D eigenvalue weighted by molar-refractivity contribution is 6.23. The molecule has 0 atom stereocenters. The summed E-state index contributed by atoms with van der Waals surface area (Å²) in [5, 5.41) is 4.14. The van der Waals surface area contributed by atoms with Gasteiger partial charge >= 0.3 is 0 Å². The highest BCUT2D eigenvalue weighted by Crippen LogP contribution is 2.28. The lowest BCUT2D eigenvalue weighted by atomic mass is 10.1. The van der Waals surface area contributed by atoms with Crippen LogP contribution >= 0.6 is 0 Å². The van der Waals surface area contributed by atoms with Gasteiger partial charge in [0.15, 0.2) is 0 Å². The van der Waals surface area contributed by atoms with Crippen molar-refractivity contribution < 1.29 is 9.59 Å². The van der Waals surface area contributed by atoms with E-state index in [9.17, 15) is 9.59 Å². The van der Waals surface area contributed by atoms with Crippen molar-refractivity contribution >= 4 is 17.5 Å². The standard InChI is InChI=1S/C14H14N4O2/c1-2-17-7-9(6-16-17)8-18-13(19)10-4-3-5-11(15)12(10)14(18)20/h3-7H,2,8,15H2,1H3. The van der Waals surface area contributed by atoms with Gasteiger partial charge in [0.05, 0.1) is 23.9 Å². The number of nitrogens with two attached hydrogens (primary N) is 1. The van der Waals surface area contributed by atoms with Crippen LogP contribution in [0.5, 0.6) is 0 Å². The summed E-state index contributed by atoms with van der Waals surface area (Å²) >= 11 is 0. The maximum absolute atomic E-state index is 12.3. The Labute approximate surface area is 115 Å². The Morgan fingerprint density at radius 3 is 2.70 bits per heavy atom. The molecule has 2 heterocycles. The number of hydrogen-bond donors (Lipinski definition) is 1. The van der Waals surface area contributed by atoms with Crippen LogP contribution in [0.1, 0.15) is 33.2 Å². The van der Waals surface area contributed by atoms with E-state index in [1.807, 2.05) is 13.1 Å². The number of anilines is 1. The molecule has 0 saturated heterocycles. The zero-order chi connectivity index (χ0) is 14.3. The Kier molecular flexibility index (Phi) is 2.78. The summed E-state index contributed by atoms with van der Waals surface area (Å²) in [5.74, 6) is -0.645. The topological polar surface area (TPSA) is 81.2 Å². The first kappa shape index (κ1) is 12.4. The molecule has 2 amide bonds. The summed E-state index contributed by atoms with van der Waals surface area (Å²) < 4.78 is 1.75. The van der Waals surface area contributed by atoms with Crippen molar-refractivity contribution in [2.24, 2.45) is 0 Å². The minimum atomic E-state index is -0.340. The minimum Gasteiger partial charge on any atom is -0.398 e. The molecule has 102 valence electrons. The van der Waals surface area contributed by atoms with E-state index >= 15 is 0 Å². The summed E-state index contributed by atoms with van der Waals surface area (Å²) in [6, 6.07) is 4.93. The lowest BCUT2D eigenvalue weighted by molar-refractivity contribution is 0.0642. The van der Waals surface area contributed by atoms with Gasteiger partial charge in [-0.3, -0.25) is 19.2 Å². The van der Waals surface area contributed by atoms with Gasteiger partial charge in [-0.15, -0.1) is 0 Å². The van der Waals surface area contributed by atoms with E-state index in [0.29, 0.717) is 16.8 Å². The van der Waals surface area contributed by atoms with Crippen LogP contribution in [0.3, 0.4) is 0 Å². The number of fused-ring (bicyclic) bond motifs is 1. The van der Waals surface area contributed by atoms with Crippen LogP contribution in [-0.2, 0) is 13.1 Å². The number of rotatable bonds is 3. The molecule has 1 aromatic carbocycles. The molecular formula is C14H14N4O2. The molecule has 6 heteroatoms. The first-order chi connectivity index (χ1) is 9.61. The van der Waals surface area contributed by atoms with Crippen molar-refractivity contribution in [2.45, 2.75) is 20.0 Å². The van der Waals surface area contributed by atoms with Gasteiger partial charge in [-0.25, -0.2) is 0 Å². The Morgan fingerprint density at radius 1 is 1.25 bits per heavy atom. The van der Waals surface area contributed by atoms with E-state index in [2.05, 4.69) is 5.10 Å². The third-order valence-corrected chi connectivity index (χ3v) is 3.38. The van der Waals surface area contributed by atoms with Gasteiger partial charge in [-0.1, -0.05) is 6.07 Å². The van der Waals surface area contributed by atoms with Gasteiger partial charge in [0.25, 0.3) is 11.8 Å². The number of benzene rings is 1. The Hall–Kier alpha value is -2.63. The Bertz CT molecular complexity index is 705. The number of nitrogens with zero attached hydrogens (tertiary/aromatic N) is 3. The van der Waals surface area contributed by atoms with E-state index < -0.39 is 0 Å². The predicted molar refractivity (Wildman–Crippen MR) is 73.0 cm³/mol. The smallest absolute Gasteiger partial charge is 0.263 e. The normalized spacial score (nSPS) is 13.9. The summed E-state index contributed by atoms with van der Waals surface area (Å²) in [7, 11) is 0. The molecule has 20 heavy (non-hydrogen) atoms. The second-order valence-electron chi connectivity index (χ2n) is 4.67. The summed E-state index contributed by atoms with van der Waals surface area (Å²) in [6.45, 7) is 2.93. The number of nitrogen functional groups attached to an aromatic ring is 1. The summed E-state index contributed by atoms with van der Waals surface area (Å²) in [4.78, 5) is 25.8. The molecule has 2 aromatic rings. The quantitative estimate of drug-likeness (QED) is 0.673. The Balaban J connectivity index is 1.92. The molecule has 2 N–H and O–H groups in total. The minimum absolute atomic E-state index is 0.214. The number of imide groups is 1. The molecule has 0 aliphatic carbocycles. The molecule has 0 unspecified atom stereocenters. The molecule has 0 saturated carbocycles. The van der Waals surface area contributed by atoms with Crippen LogP contribution in [0.4, 0.5) is 5.69 Å². The average Bonchev–Trinajstić information content (AvgIpc) is 2.99. The second-order valence-corrected chi connectivity index (χ2v) is 4.67. The van der Waals surface area contributed by atoms with Crippen LogP contribution in [0.15, 0.2) is 30.6 Å². The molecule has 0 radical (unpaired) electrons. The summed E-state index contributed by atoms with van der Waals surface area (Å²) in [6.07, 6.45) is 3.49. The highest BCUT2D eigenvalue weighted by Gasteiger charge is 2.36. The Morgan fingerprint density at radius 2 is 2.05 bits per heavy atom. The van der Waals surface area contributed by atoms with Gasteiger partial charge in [-0.05, 0) is 19.1 Å². The number of carbonyl (C=O) groups excluding carboxylic acids is 2. The van der Waals surface area contributed by atoms with Gasteiger partial charge < -0.3 is 5.73 Å². The van der Waals surface area contributed by atoms with E-state index in [4.69, 9.17) is 5.73 Å². The molecular weight excluding hydrogens is 256 g/mol. The zero-order valence-electron chi connectivity index (χ0n) is 11.0. The second kappa shape index (κ2) is 4.48. The molecule has 0 fully saturated rings. The zero-order valence-corrected chi connectivity index (χ0v) is 11.0. The number of carbonyl (C=O) groups is 2. The van der Waals surface area contributed by atoms with E-state index in [1.165, 1.54) is 4.90 Å². The molecule has 3 rings (SSSR count). The first-order valence-corrected chi connectivity index (χ1v) is 6.38. The van der Waals surface area contributed by atoms with Gasteiger partial charge in [0, 0.05) is 24.0 Å². The van der Waals surface area contributed by atoms with Crippen molar-refractivity contribution in [3.63, 3.8) is 0 Å². The highest BCUT2D eigenvalue weighted by atomic mass is 16.2. The molecule has 6 nitrogen and oxygen atoms in total. The fraction of sp³-hybridized carbons (Fsp3) is 0.214. The molecule has 0 bridgehead atoms. The number of hydrogen-bond acceptors (Lipinski definition) is 4. The first-order valence-electron chi connectivity index (χ1n) is 6.38. The molecule has 1 aliphatic heterocycles. The third kappa shape index (κ3) is 1.77. The van der Waals surface area contributed by atoms with Gasteiger partial charge in [0.2, 0.25) is 0 Å². The van der Waals surface area contributed by atoms with Crippen LogP contribution in [0.25, 0.3) is 0 Å². The van der Waals surface area contributed by atoms with Crippen molar-refractivity contribution in [3.05, 3.63) is 47.3 Å². The van der Waals surface area contributed by atoms with Crippen molar-refractivity contribution in [2.75, 3.05) is 5.73 Å². The predicted octanol–water partition coefficient (Wildman–Crippen LogP) is 1.28. The molecule has 0 spiro atoms. The van der Waals surface area contributed by atoms with Gasteiger partial charge in [-0.2, -0.15) is 5.10 Å². The monoisotopic (exact) mass is 270 g/mol. The van der Waals surface area contributed by atoms with Gasteiger partial charge in [0.1, 0.15) is 0 Å². The van der Waals surface area contributed by atoms with Crippen molar-refractivity contribution in [1.82, 2.24) is 14.7 Å². The largest absolute Gasteiger partial charge is 0.398 e. The SMILES string of the molecule is CCn1cc(CN2C(=O)c3cccc(N)c3C2=O)cn1. The number of aromatic nitrogens is 2. The lowest BCUT2D eigenvalue weighted by Gasteiger charge is -2.12. The van der Waals surface area contributed by atoms with E-state index in [-0.39, 0.29) is 18.4 Å². The third-order valence-electron chi connectivity index (χ3n) is 3.38. The fourth-order valence-corrected chi connectivity index (χ4v) is 2.35. The van der Waals surface area contributed by atoms with Crippen LogP contribution < -0.4 is 5.73 Å². The van der Waals surface area contributed by atoms with Crippen molar-refractivity contribution in [1.29, 1.82) is 0 Å². The van der Waals surface area contributed by atoms with Crippen LogP contribution in [-0.4, -0.2) is 26.5 Å². The van der Waals surface area contributed by atoms with Crippen LogP contribution in [0, 0.1) is 0 Å². The number of amides is 2. The summed E-state index contributed by atoms with van der Waals surface area (Å²) in [5.41, 5.74) is 7.63. The molecule has 1 aliphatic rings. The number of aryl methyl sites for hydroxylation is 1. The van der Waals surface area contributed by atoms with Crippen LogP contribution in [0.2, 0.25) is 0 Å². The average molecular weight is 270 g/mol. The maximum Gasteiger partial charge on any atom is 0.263 e. The van der Waals surface area contributed by atoms with Crippen molar-refractivity contribution in [3.8, 4) is 0 Å². The van der Waals surface area contributed by atoms with E-state index in [1.54, 1.807) is 29.1 Å². The molecule has 1 aromatic heterocycles. The lowest BCUT2D eigenvalue weighted by Crippen LogP contribution is -2.29. The fourth-order valence-electron chi connectivity index (χ4n) is 2.35. The maximum atomic E-state index is 12.3.